The van der Waals surface area contributed by atoms with Crippen molar-refractivity contribution in [3.8, 4) is 0 Å². The molecule has 1 aliphatic rings. The first kappa shape index (κ1) is 14.9. The molecule has 0 saturated carbocycles. The Hall–Kier alpha value is -1.52. The highest BCUT2D eigenvalue weighted by Gasteiger charge is 2.21. The first-order valence-corrected chi connectivity index (χ1v) is 7.19. The maximum Gasteiger partial charge on any atom is 0.236 e. The van der Waals surface area contributed by atoms with Crippen LogP contribution in [0.2, 0.25) is 5.02 Å². The fraction of sp³-hybridized carbons (Fsp3) is 0.400. The maximum absolute atomic E-state index is 12.0. The van der Waals surface area contributed by atoms with E-state index >= 15 is 0 Å². The molecule has 1 N–H and O–H groups in total. The van der Waals surface area contributed by atoms with Crippen LogP contribution in [-0.2, 0) is 4.79 Å². The lowest BCUT2D eigenvalue weighted by molar-refractivity contribution is -0.130. The highest BCUT2D eigenvalue weighted by molar-refractivity contribution is 6.33. The number of carbonyl (C=O) groups is 1. The Labute approximate surface area is 125 Å². The molecule has 1 aromatic rings. The van der Waals surface area contributed by atoms with Crippen molar-refractivity contribution in [2.24, 2.45) is 0 Å². The lowest BCUT2D eigenvalue weighted by atomic mass is 10.2. The summed E-state index contributed by atoms with van der Waals surface area (Å²) in [7, 11) is 0. The molecule has 0 spiro atoms. The summed E-state index contributed by atoms with van der Waals surface area (Å²) in [6.07, 6.45) is 1.75. The highest BCUT2D eigenvalue weighted by atomic mass is 35.5. The van der Waals surface area contributed by atoms with Crippen molar-refractivity contribution < 1.29 is 4.79 Å². The molecule has 0 bridgehead atoms. The molecule has 2 rings (SSSR count). The second kappa shape index (κ2) is 7.31. The molecule has 1 aromatic carbocycles. The van der Waals surface area contributed by atoms with E-state index in [4.69, 9.17) is 11.6 Å². The van der Waals surface area contributed by atoms with Crippen LogP contribution < -0.4 is 10.2 Å². The molecule has 1 aliphatic heterocycles. The topological polar surface area (TPSA) is 35.6 Å². The van der Waals surface area contributed by atoms with E-state index in [9.17, 15) is 4.79 Å². The molecule has 20 heavy (non-hydrogen) atoms. The quantitative estimate of drug-likeness (QED) is 0.664. The molecule has 0 radical (unpaired) electrons. The van der Waals surface area contributed by atoms with Gasteiger partial charge in [0.15, 0.2) is 0 Å². The number of halogens is 1. The van der Waals surface area contributed by atoms with Crippen LogP contribution in [0.3, 0.4) is 0 Å². The average molecular weight is 294 g/mol. The van der Waals surface area contributed by atoms with Crippen molar-refractivity contribution >= 4 is 23.2 Å². The van der Waals surface area contributed by atoms with Crippen LogP contribution in [0.4, 0.5) is 5.69 Å². The second-order valence-electron chi connectivity index (χ2n) is 4.74. The van der Waals surface area contributed by atoms with Crippen LogP contribution in [-0.4, -0.2) is 50.1 Å². The van der Waals surface area contributed by atoms with E-state index in [2.05, 4.69) is 16.8 Å². The van der Waals surface area contributed by atoms with Gasteiger partial charge in [-0.05, 0) is 12.1 Å². The average Bonchev–Trinajstić information content (AvgIpc) is 2.48. The van der Waals surface area contributed by atoms with Crippen molar-refractivity contribution in [3.05, 3.63) is 41.9 Å². The summed E-state index contributed by atoms with van der Waals surface area (Å²) < 4.78 is 0. The monoisotopic (exact) mass is 293 g/mol. The van der Waals surface area contributed by atoms with Crippen molar-refractivity contribution in [1.29, 1.82) is 0 Å². The van der Waals surface area contributed by atoms with E-state index < -0.39 is 0 Å². The van der Waals surface area contributed by atoms with Crippen LogP contribution in [0.5, 0.6) is 0 Å². The fourth-order valence-corrected chi connectivity index (χ4v) is 2.55. The minimum atomic E-state index is 0.144. The molecule has 108 valence electrons. The van der Waals surface area contributed by atoms with Gasteiger partial charge in [-0.1, -0.05) is 29.8 Å². The lowest BCUT2D eigenvalue weighted by Crippen LogP contribution is -2.51. The molecule has 5 heteroatoms. The minimum absolute atomic E-state index is 0.144. The number of benzene rings is 1. The molecular formula is C15H20ClN3O. The number of piperazine rings is 1. The summed E-state index contributed by atoms with van der Waals surface area (Å²) in [6, 6.07) is 7.83. The normalized spacial score (nSPS) is 15.2. The molecule has 0 aromatic heterocycles. The summed E-state index contributed by atoms with van der Waals surface area (Å²) >= 11 is 6.20. The van der Waals surface area contributed by atoms with Gasteiger partial charge < -0.3 is 15.1 Å². The Balaban J connectivity index is 1.85. The predicted molar refractivity (Wildman–Crippen MR) is 83.3 cm³/mol. The standard InChI is InChI=1S/C15H20ClN3O/c1-2-7-17-12-15(20)19-10-8-18(9-11-19)14-6-4-3-5-13(14)16/h2-6,17H,1,7-12H2. The largest absolute Gasteiger partial charge is 0.367 e. The fourth-order valence-electron chi connectivity index (χ4n) is 2.30. The molecule has 4 nitrogen and oxygen atoms in total. The predicted octanol–water partition coefficient (Wildman–Crippen LogP) is 1.76. The van der Waals surface area contributed by atoms with Gasteiger partial charge in [0.25, 0.3) is 0 Å². The number of anilines is 1. The van der Waals surface area contributed by atoms with Gasteiger partial charge in [0.05, 0.1) is 17.3 Å². The van der Waals surface area contributed by atoms with Crippen LogP contribution >= 0.6 is 11.6 Å². The third kappa shape index (κ3) is 3.74. The van der Waals surface area contributed by atoms with Gasteiger partial charge >= 0.3 is 0 Å². The van der Waals surface area contributed by atoms with Crippen LogP contribution in [0.1, 0.15) is 0 Å². The number of para-hydroxylation sites is 1. The van der Waals surface area contributed by atoms with Gasteiger partial charge in [0.1, 0.15) is 0 Å². The molecule has 0 unspecified atom stereocenters. The summed E-state index contributed by atoms with van der Waals surface area (Å²) in [5.74, 6) is 0.144. The number of nitrogens with zero attached hydrogens (tertiary/aromatic N) is 2. The number of carbonyl (C=O) groups excluding carboxylic acids is 1. The Morgan fingerprint density at radius 1 is 1.30 bits per heavy atom. The number of hydrogen-bond donors (Lipinski definition) is 1. The molecular weight excluding hydrogens is 274 g/mol. The van der Waals surface area contributed by atoms with Crippen LogP contribution in [0.25, 0.3) is 0 Å². The maximum atomic E-state index is 12.0. The number of hydrogen-bond acceptors (Lipinski definition) is 3. The SMILES string of the molecule is C=CCNCC(=O)N1CCN(c2ccccc2Cl)CC1. The van der Waals surface area contributed by atoms with Crippen LogP contribution in [0, 0.1) is 0 Å². The smallest absolute Gasteiger partial charge is 0.236 e. The van der Waals surface area contributed by atoms with Gasteiger partial charge in [-0.25, -0.2) is 0 Å². The van der Waals surface area contributed by atoms with Crippen molar-refractivity contribution in [2.75, 3.05) is 44.2 Å². The van der Waals surface area contributed by atoms with Gasteiger partial charge in [-0.3, -0.25) is 4.79 Å². The van der Waals surface area contributed by atoms with E-state index in [-0.39, 0.29) is 5.91 Å². The van der Waals surface area contributed by atoms with E-state index in [1.165, 1.54) is 0 Å². The molecule has 1 saturated heterocycles. The Morgan fingerprint density at radius 3 is 2.65 bits per heavy atom. The molecule has 1 fully saturated rings. The Morgan fingerprint density at radius 2 is 2.00 bits per heavy atom. The lowest BCUT2D eigenvalue weighted by Gasteiger charge is -2.36. The number of amides is 1. The Bertz CT molecular complexity index is 470. The minimum Gasteiger partial charge on any atom is -0.367 e. The van der Waals surface area contributed by atoms with E-state index in [0.29, 0.717) is 13.1 Å². The summed E-state index contributed by atoms with van der Waals surface area (Å²) in [5, 5.41) is 3.80. The van der Waals surface area contributed by atoms with Gasteiger partial charge in [-0.15, -0.1) is 6.58 Å². The summed E-state index contributed by atoms with van der Waals surface area (Å²) in [4.78, 5) is 16.1. The first-order valence-electron chi connectivity index (χ1n) is 6.81. The van der Waals surface area contributed by atoms with Crippen molar-refractivity contribution in [3.63, 3.8) is 0 Å². The highest BCUT2D eigenvalue weighted by Crippen LogP contribution is 2.25. The summed E-state index contributed by atoms with van der Waals surface area (Å²) in [5.41, 5.74) is 1.05. The third-order valence-electron chi connectivity index (χ3n) is 3.39. The van der Waals surface area contributed by atoms with E-state index in [1.54, 1.807) is 6.08 Å². The zero-order valence-corrected chi connectivity index (χ0v) is 12.3. The van der Waals surface area contributed by atoms with E-state index in [0.717, 1.165) is 36.9 Å². The zero-order valence-electron chi connectivity index (χ0n) is 11.5. The van der Waals surface area contributed by atoms with Crippen LogP contribution in [0.15, 0.2) is 36.9 Å². The molecule has 1 amide bonds. The van der Waals surface area contributed by atoms with Gasteiger partial charge in [0, 0.05) is 32.7 Å². The van der Waals surface area contributed by atoms with Crippen molar-refractivity contribution in [1.82, 2.24) is 10.2 Å². The van der Waals surface area contributed by atoms with E-state index in [1.807, 2.05) is 29.2 Å². The molecule has 0 aliphatic carbocycles. The number of rotatable bonds is 5. The first-order chi connectivity index (χ1) is 9.72. The van der Waals surface area contributed by atoms with Crippen molar-refractivity contribution in [2.45, 2.75) is 0 Å². The van der Waals surface area contributed by atoms with Gasteiger partial charge in [-0.2, -0.15) is 0 Å². The summed E-state index contributed by atoms with van der Waals surface area (Å²) in [6.45, 7) is 7.75. The number of nitrogens with one attached hydrogen (secondary N) is 1. The molecule has 1 heterocycles. The molecule has 0 atom stereocenters. The third-order valence-corrected chi connectivity index (χ3v) is 3.71. The zero-order chi connectivity index (χ0) is 14.4. The Kier molecular flexibility index (Phi) is 5.44. The van der Waals surface area contributed by atoms with Gasteiger partial charge in [0.2, 0.25) is 5.91 Å². The second-order valence-corrected chi connectivity index (χ2v) is 5.15.